The lowest BCUT2D eigenvalue weighted by Gasteiger charge is -2.40. The first-order chi connectivity index (χ1) is 16.4. The van der Waals surface area contributed by atoms with Crippen LogP contribution in [0.3, 0.4) is 0 Å². The van der Waals surface area contributed by atoms with Gasteiger partial charge in [-0.05, 0) is 35.9 Å². The van der Waals surface area contributed by atoms with Gasteiger partial charge in [0.2, 0.25) is 5.95 Å². The highest BCUT2D eigenvalue weighted by Crippen LogP contribution is 2.24. The number of imidazole rings is 1. The highest BCUT2D eigenvalue weighted by molar-refractivity contribution is 6.30. The number of hydrogen-bond donors (Lipinski definition) is 4. The van der Waals surface area contributed by atoms with Crippen molar-refractivity contribution in [1.82, 2.24) is 24.4 Å². The first-order valence-corrected chi connectivity index (χ1v) is 11.1. The molecular weight excluding hydrogens is 454 g/mol. The molecule has 2 aromatic heterocycles. The minimum Gasteiger partial charge on any atom is -0.424 e. The van der Waals surface area contributed by atoms with Crippen LogP contribution in [0.25, 0.3) is 11.0 Å². The predicted octanol–water partition coefficient (Wildman–Crippen LogP) is 3.41. The number of ether oxygens (including phenoxy) is 1. The molecule has 3 heterocycles. The van der Waals surface area contributed by atoms with Gasteiger partial charge in [0.15, 0.2) is 5.96 Å². The Labute approximate surface area is 201 Å². The van der Waals surface area contributed by atoms with Gasteiger partial charge in [0, 0.05) is 32.4 Å². The summed E-state index contributed by atoms with van der Waals surface area (Å²) >= 11 is 5.80. The molecule has 0 amide bonds. The molecule has 5 N–H and O–H groups in total. The van der Waals surface area contributed by atoms with E-state index in [-0.39, 0.29) is 18.0 Å². The number of aryl methyl sites for hydroxylation is 1. The molecule has 5 rings (SSSR count). The van der Waals surface area contributed by atoms with E-state index in [1.807, 2.05) is 52.9 Å². The highest BCUT2D eigenvalue weighted by atomic mass is 35.5. The van der Waals surface area contributed by atoms with E-state index in [4.69, 9.17) is 32.5 Å². The first kappa shape index (κ1) is 21.8. The number of nitrogens with two attached hydrogens (primary N) is 1. The van der Waals surface area contributed by atoms with Gasteiger partial charge >= 0.3 is 6.01 Å². The van der Waals surface area contributed by atoms with E-state index in [1.165, 1.54) is 12.4 Å². The molecule has 0 atom stereocenters. The summed E-state index contributed by atoms with van der Waals surface area (Å²) in [5.74, 6) is 1.55. The lowest BCUT2D eigenvalue weighted by Crippen LogP contribution is -2.58. The normalized spacial score (nSPS) is 13.5. The van der Waals surface area contributed by atoms with Crippen LogP contribution < -0.4 is 21.1 Å². The largest absolute Gasteiger partial charge is 0.424 e. The minimum atomic E-state index is 0.119. The summed E-state index contributed by atoms with van der Waals surface area (Å²) in [7, 11) is 1.99. The van der Waals surface area contributed by atoms with Gasteiger partial charge in [-0.15, -0.1) is 0 Å². The fourth-order valence-corrected chi connectivity index (χ4v) is 3.85. The third kappa shape index (κ3) is 4.67. The molecule has 1 fully saturated rings. The maximum absolute atomic E-state index is 7.47. The number of hydrogen-bond acceptors (Lipinski definition) is 7. The Balaban J connectivity index is 1.20. The van der Waals surface area contributed by atoms with Crippen molar-refractivity contribution in [3.63, 3.8) is 0 Å². The van der Waals surface area contributed by atoms with E-state index < -0.39 is 0 Å². The molecule has 11 heteroatoms. The van der Waals surface area contributed by atoms with Gasteiger partial charge in [0.1, 0.15) is 5.75 Å². The zero-order valence-corrected chi connectivity index (χ0v) is 19.3. The number of likely N-dealkylation sites (tertiary alicyclic amines) is 1. The van der Waals surface area contributed by atoms with Crippen LogP contribution in [-0.4, -0.2) is 49.5 Å². The summed E-state index contributed by atoms with van der Waals surface area (Å²) in [5.41, 5.74) is 9.56. The molecular formula is C23H24ClN9O. The predicted molar refractivity (Wildman–Crippen MR) is 132 cm³/mol. The average Bonchev–Trinajstić information content (AvgIpc) is 3.12. The van der Waals surface area contributed by atoms with Crippen LogP contribution in [0.5, 0.6) is 11.8 Å². The van der Waals surface area contributed by atoms with Crippen LogP contribution in [0.2, 0.25) is 5.02 Å². The van der Waals surface area contributed by atoms with Gasteiger partial charge in [-0.3, -0.25) is 5.41 Å². The van der Waals surface area contributed by atoms with Crippen molar-refractivity contribution in [2.45, 2.75) is 12.6 Å². The van der Waals surface area contributed by atoms with Gasteiger partial charge < -0.3 is 30.6 Å². The second-order valence-corrected chi connectivity index (χ2v) is 8.55. The van der Waals surface area contributed by atoms with E-state index in [9.17, 15) is 0 Å². The van der Waals surface area contributed by atoms with Crippen molar-refractivity contribution in [1.29, 1.82) is 5.41 Å². The lowest BCUT2D eigenvalue weighted by atomic mass is 10.1. The summed E-state index contributed by atoms with van der Waals surface area (Å²) in [5, 5.41) is 14.8. The SMILES string of the molecule is Cn1c(NCc2ccc(Oc3ncc(Cl)cn3)cc2)nc2ccc(NC3CN(C(=N)N)C3)cc21. The molecule has 1 aliphatic rings. The van der Waals surface area contributed by atoms with Crippen molar-refractivity contribution < 1.29 is 4.74 Å². The fourth-order valence-electron chi connectivity index (χ4n) is 3.76. The Hall–Kier alpha value is -4.05. The number of anilines is 2. The Morgan fingerprint density at radius 2 is 1.91 bits per heavy atom. The summed E-state index contributed by atoms with van der Waals surface area (Å²) < 4.78 is 7.68. The number of guanidine groups is 1. The van der Waals surface area contributed by atoms with E-state index in [0.717, 1.165) is 41.3 Å². The minimum absolute atomic E-state index is 0.119. The van der Waals surface area contributed by atoms with E-state index >= 15 is 0 Å². The lowest BCUT2D eigenvalue weighted by molar-refractivity contribution is 0.265. The van der Waals surface area contributed by atoms with Gasteiger partial charge in [-0.2, -0.15) is 0 Å². The number of nitrogens with zero attached hydrogens (tertiary/aromatic N) is 5. The molecule has 0 spiro atoms. The third-order valence-electron chi connectivity index (χ3n) is 5.65. The summed E-state index contributed by atoms with van der Waals surface area (Å²) in [4.78, 5) is 14.6. The third-order valence-corrected chi connectivity index (χ3v) is 5.85. The zero-order chi connectivity index (χ0) is 23.7. The van der Waals surface area contributed by atoms with Crippen LogP contribution in [0, 0.1) is 5.41 Å². The number of aromatic nitrogens is 4. The zero-order valence-electron chi connectivity index (χ0n) is 18.5. The molecule has 34 heavy (non-hydrogen) atoms. The van der Waals surface area contributed by atoms with Crippen molar-refractivity contribution in [3.8, 4) is 11.8 Å². The molecule has 0 saturated carbocycles. The average molecular weight is 478 g/mol. The second-order valence-electron chi connectivity index (χ2n) is 8.11. The van der Waals surface area contributed by atoms with Crippen LogP contribution in [-0.2, 0) is 13.6 Å². The van der Waals surface area contributed by atoms with E-state index in [0.29, 0.717) is 17.3 Å². The Morgan fingerprint density at radius 1 is 1.18 bits per heavy atom. The topological polar surface area (TPSA) is 130 Å². The van der Waals surface area contributed by atoms with Crippen molar-refractivity contribution >= 4 is 40.2 Å². The highest BCUT2D eigenvalue weighted by Gasteiger charge is 2.27. The summed E-state index contributed by atoms with van der Waals surface area (Å²) in [6, 6.07) is 14.4. The first-order valence-electron chi connectivity index (χ1n) is 10.7. The van der Waals surface area contributed by atoms with Crippen LogP contribution >= 0.6 is 11.6 Å². The molecule has 4 aromatic rings. The van der Waals surface area contributed by atoms with Gasteiger partial charge in [0.25, 0.3) is 0 Å². The molecule has 10 nitrogen and oxygen atoms in total. The van der Waals surface area contributed by atoms with Crippen molar-refractivity contribution in [3.05, 3.63) is 65.4 Å². The molecule has 1 saturated heterocycles. The van der Waals surface area contributed by atoms with Gasteiger partial charge in [-0.1, -0.05) is 23.7 Å². The number of fused-ring (bicyclic) bond motifs is 1. The Morgan fingerprint density at radius 3 is 2.62 bits per heavy atom. The maximum atomic E-state index is 7.47. The number of nitrogens with one attached hydrogen (secondary N) is 3. The van der Waals surface area contributed by atoms with Gasteiger partial charge in [-0.25, -0.2) is 15.0 Å². The smallest absolute Gasteiger partial charge is 0.321 e. The van der Waals surface area contributed by atoms with Crippen LogP contribution in [0.15, 0.2) is 54.9 Å². The molecule has 1 aliphatic heterocycles. The fraction of sp³-hybridized carbons (Fsp3) is 0.217. The van der Waals surface area contributed by atoms with E-state index in [2.05, 4.69) is 26.7 Å². The number of benzene rings is 2. The van der Waals surface area contributed by atoms with Crippen LogP contribution in [0.4, 0.5) is 11.6 Å². The molecule has 0 bridgehead atoms. The quantitative estimate of drug-likeness (QED) is 0.235. The summed E-state index contributed by atoms with van der Waals surface area (Å²) in [6.07, 6.45) is 2.99. The number of rotatable bonds is 7. The Kier molecular flexibility index (Phi) is 5.81. The van der Waals surface area contributed by atoms with Gasteiger partial charge in [0.05, 0.1) is 34.5 Å². The van der Waals surface area contributed by atoms with Crippen molar-refractivity contribution in [2.24, 2.45) is 12.8 Å². The van der Waals surface area contributed by atoms with E-state index in [1.54, 1.807) is 0 Å². The standard InChI is InChI=1S/C23H24ClN9O/c1-32-20-8-16(30-17-12-33(13-17)21(25)26)4-7-19(20)31-22(32)27-9-14-2-5-18(6-3-14)34-23-28-10-15(24)11-29-23/h2-8,10-11,17,30H,9,12-13H2,1H3,(H3,25,26)(H,27,31). The molecule has 174 valence electrons. The summed E-state index contributed by atoms with van der Waals surface area (Å²) in [6.45, 7) is 2.09. The van der Waals surface area contributed by atoms with Crippen molar-refractivity contribution in [2.75, 3.05) is 23.7 Å². The maximum Gasteiger partial charge on any atom is 0.321 e. The second kappa shape index (κ2) is 9.06. The molecule has 2 aromatic carbocycles. The number of halogens is 1. The monoisotopic (exact) mass is 477 g/mol. The van der Waals surface area contributed by atoms with Crippen LogP contribution in [0.1, 0.15) is 5.56 Å². The molecule has 0 unspecified atom stereocenters. The molecule has 0 radical (unpaired) electrons. The Bertz CT molecular complexity index is 1320. The molecule has 0 aliphatic carbocycles.